The molecule has 0 saturated carbocycles. The molecule has 0 amide bonds. The van der Waals surface area contributed by atoms with E-state index in [1.807, 2.05) is 0 Å². The number of aromatic amines is 1. The van der Waals surface area contributed by atoms with Gasteiger partial charge in [0.15, 0.2) is 20.6 Å². The van der Waals surface area contributed by atoms with Crippen molar-refractivity contribution in [2.45, 2.75) is 55.3 Å². The number of fused-ring (bicyclic) bond motifs is 1. The van der Waals surface area contributed by atoms with E-state index in [1.54, 1.807) is 31.2 Å². The topological polar surface area (TPSA) is 189 Å². The monoisotopic (exact) mass is 717 g/mol. The Bertz CT molecular complexity index is 1560. The summed E-state index contributed by atoms with van der Waals surface area (Å²) in [7, 11) is -4.00. The van der Waals surface area contributed by atoms with Crippen molar-refractivity contribution in [3.8, 4) is 5.75 Å². The van der Waals surface area contributed by atoms with Crippen LogP contribution in [0.1, 0.15) is 39.0 Å². The molecule has 13 nitrogen and oxygen atoms in total. The second-order valence-electron chi connectivity index (χ2n) is 9.92. The number of aliphatic hydroxyl groups is 1. The predicted molar refractivity (Wildman–Crippen MR) is 157 cm³/mol. The van der Waals surface area contributed by atoms with Gasteiger partial charge in [-0.15, -0.1) is 0 Å². The van der Waals surface area contributed by atoms with Crippen molar-refractivity contribution in [2.24, 2.45) is 5.92 Å². The van der Waals surface area contributed by atoms with Crippen LogP contribution in [0.25, 0.3) is 11.2 Å². The van der Waals surface area contributed by atoms with Crippen molar-refractivity contribution in [1.82, 2.24) is 19.5 Å². The number of rotatable bonds is 12. The maximum atomic E-state index is 14.1. The van der Waals surface area contributed by atoms with E-state index in [-0.39, 0.29) is 53.6 Å². The van der Waals surface area contributed by atoms with E-state index in [1.165, 1.54) is 24.7 Å². The average molecular weight is 719 g/mol. The second-order valence-corrected chi connectivity index (χ2v) is 15.6. The van der Waals surface area contributed by atoms with E-state index in [9.17, 15) is 24.1 Å². The Balaban J connectivity index is 1.58. The molecule has 1 unspecified atom stereocenters. The number of carbonyl (C=O) groups is 2. The predicted octanol–water partition coefficient (Wildman–Crippen LogP) is 3.48. The minimum atomic E-state index is -4.00. The fraction of sp³-hybridized carbons (Fsp3) is 0.480. The van der Waals surface area contributed by atoms with Gasteiger partial charge < -0.3 is 24.9 Å². The van der Waals surface area contributed by atoms with Crippen LogP contribution in [0, 0.1) is 5.92 Å². The average Bonchev–Trinajstić information content (AvgIpc) is 3.40. The van der Waals surface area contributed by atoms with Gasteiger partial charge in [0.25, 0.3) is 5.56 Å². The minimum absolute atomic E-state index is 0.00689. The standard InChI is InChI=1S/C25H30Br2N5O8P/c1-13(15(3)34)11-41(37,40-17-7-5-4-6-16(17)9-8-14(2)33)38-10-18-20(35)25(26,27)23(39-18)32-12-29-19-21(32)30-24(28)31-22(19)36/h4-7,12-13,18,20,23,35H,8-11H2,1-3H3,(H3,28,30,31,36)/t13-,18-,20+,23-,41?/m1/s1. The highest BCUT2D eigenvalue weighted by Crippen LogP contribution is 2.54. The molecule has 1 fully saturated rings. The van der Waals surface area contributed by atoms with Gasteiger partial charge in [0, 0.05) is 12.3 Å². The zero-order valence-electron chi connectivity index (χ0n) is 22.5. The first-order chi connectivity index (χ1) is 19.2. The molecule has 1 aromatic carbocycles. The van der Waals surface area contributed by atoms with E-state index < -0.39 is 40.7 Å². The number of carbonyl (C=O) groups excluding carboxylic acids is 2. The van der Waals surface area contributed by atoms with Crippen LogP contribution in [0.2, 0.25) is 0 Å². The first-order valence-electron chi connectivity index (χ1n) is 12.7. The van der Waals surface area contributed by atoms with Gasteiger partial charge in [0.05, 0.1) is 19.1 Å². The lowest BCUT2D eigenvalue weighted by Crippen LogP contribution is -2.37. The number of Topliss-reactive ketones (excluding diaryl/α,β-unsaturated/α-hetero) is 2. The molecule has 4 rings (SSSR count). The van der Waals surface area contributed by atoms with Gasteiger partial charge >= 0.3 is 7.60 Å². The summed E-state index contributed by atoms with van der Waals surface area (Å²) in [6.45, 7) is 4.11. The fourth-order valence-electron chi connectivity index (χ4n) is 4.25. The summed E-state index contributed by atoms with van der Waals surface area (Å²) in [5, 5.41) is 11.1. The molecule has 3 heterocycles. The quantitative estimate of drug-likeness (QED) is 0.184. The molecule has 41 heavy (non-hydrogen) atoms. The van der Waals surface area contributed by atoms with Crippen LogP contribution in [0.15, 0.2) is 35.4 Å². The molecule has 1 aliphatic heterocycles. The number of aryl methyl sites for hydroxylation is 1. The lowest BCUT2D eigenvalue weighted by atomic mass is 10.1. The van der Waals surface area contributed by atoms with Crippen LogP contribution < -0.4 is 15.8 Å². The SMILES string of the molecule is CC(=O)CCc1ccccc1OP(=O)(C[C@@H](C)C(C)=O)OC[C@H]1O[C@@H](n2cnc3c(=O)[nH]c(N)nc32)C(Br)(Br)[C@H]1O. The van der Waals surface area contributed by atoms with Gasteiger partial charge in [-0.05, 0) is 31.9 Å². The summed E-state index contributed by atoms with van der Waals surface area (Å²) in [5.74, 6) is -0.710. The number of nitrogens with one attached hydrogen (secondary N) is 1. The van der Waals surface area contributed by atoms with Crippen LogP contribution in [-0.2, 0) is 29.8 Å². The zero-order chi connectivity index (χ0) is 30.1. The lowest BCUT2D eigenvalue weighted by molar-refractivity contribution is -0.120. The molecule has 5 atom stereocenters. The molecule has 16 heteroatoms. The third-order valence-corrected chi connectivity index (χ3v) is 10.4. The van der Waals surface area contributed by atoms with Crippen molar-refractivity contribution in [3.63, 3.8) is 0 Å². The Kier molecular flexibility index (Phi) is 9.56. The van der Waals surface area contributed by atoms with Gasteiger partial charge in [-0.3, -0.25) is 23.7 Å². The lowest BCUT2D eigenvalue weighted by Gasteiger charge is -2.25. The Hall–Kier alpha value is -2.42. The summed E-state index contributed by atoms with van der Waals surface area (Å²) in [6, 6.07) is 6.85. The fourth-order valence-corrected chi connectivity index (χ4v) is 7.51. The molecule has 0 spiro atoms. The number of imidazole rings is 1. The van der Waals surface area contributed by atoms with E-state index >= 15 is 0 Å². The summed E-state index contributed by atoms with van der Waals surface area (Å²) < 4.78 is 32.1. The Morgan fingerprint density at radius 3 is 2.71 bits per heavy atom. The summed E-state index contributed by atoms with van der Waals surface area (Å²) in [6.07, 6.45) is -1.55. The van der Waals surface area contributed by atoms with Gasteiger partial charge in [-0.1, -0.05) is 57.0 Å². The van der Waals surface area contributed by atoms with Crippen molar-refractivity contribution in [2.75, 3.05) is 18.5 Å². The molecular weight excluding hydrogens is 689 g/mol. The molecule has 2 aromatic heterocycles. The largest absolute Gasteiger partial charge is 0.424 e. The Morgan fingerprint density at radius 2 is 2.02 bits per heavy atom. The summed E-state index contributed by atoms with van der Waals surface area (Å²) >= 11 is 6.90. The molecule has 4 N–H and O–H groups in total. The maximum absolute atomic E-state index is 14.1. The maximum Gasteiger partial charge on any atom is 0.380 e. The number of nitrogen functional groups attached to an aromatic ring is 1. The molecule has 222 valence electrons. The van der Waals surface area contributed by atoms with Gasteiger partial charge in [-0.2, -0.15) is 4.98 Å². The number of nitrogens with zero attached hydrogens (tertiary/aromatic N) is 3. The third kappa shape index (κ3) is 6.98. The summed E-state index contributed by atoms with van der Waals surface area (Å²) in [4.78, 5) is 46.4. The van der Waals surface area contributed by atoms with Crippen LogP contribution in [-0.4, -0.2) is 64.4 Å². The number of hydrogen-bond acceptors (Lipinski definition) is 11. The molecule has 0 radical (unpaired) electrons. The Morgan fingerprint density at radius 1 is 1.32 bits per heavy atom. The number of nitrogens with two attached hydrogens (primary N) is 1. The first-order valence-corrected chi connectivity index (χ1v) is 16.0. The highest BCUT2D eigenvalue weighted by molar-refractivity contribution is 9.25. The minimum Gasteiger partial charge on any atom is -0.424 e. The highest BCUT2D eigenvalue weighted by atomic mass is 79.9. The van der Waals surface area contributed by atoms with Crippen molar-refractivity contribution in [3.05, 3.63) is 46.5 Å². The van der Waals surface area contributed by atoms with Crippen molar-refractivity contribution >= 4 is 68.1 Å². The number of anilines is 1. The second kappa shape index (κ2) is 12.4. The number of para-hydroxylation sites is 1. The number of halogens is 2. The first kappa shape index (κ1) is 31.5. The molecule has 0 bridgehead atoms. The number of alkyl halides is 2. The summed E-state index contributed by atoms with van der Waals surface area (Å²) in [5.41, 5.74) is 5.98. The smallest absolute Gasteiger partial charge is 0.380 e. The van der Waals surface area contributed by atoms with Crippen LogP contribution in [0.4, 0.5) is 5.95 Å². The number of aromatic nitrogens is 4. The van der Waals surface area contributed by atoms with Crippen LogP contribution in [0.3, 0.4) is 0 Å². The van der Waals surface area contributed by atoms with Crippen molar-refractivity contribution in [1.29, 1.82) is 0 Å². The normalized spacial score (nSPS) is 22.3. The van der Waals surface area contributed by atoms with E-state index in [0.29, 0.717) is 12.0 Å². The number of ether oxygens (including phenoxy) is 1. The molecule has 0 aliphatic carbocycles. The van der Waals surface area contributed by atoms with Gasteiger partial charge in [0.1, 0.15) is 29.5 Å². The van der Waals surface area contributed by atoms with Crippen molar-refractivity contribution < 1.29 is 33.0 Å². The number of benzene rings is 1. The van der Waals surface area contributed by atoms with E-state index in [0.717, 1.165) is 0 Å². The Labute approximate surface area is 252 Å². The van der Waals surface area contributed by atoms with E-state index in [4.69, 9.17) is 19.5 Å². The molecule has 1 saturated heterocycles. The highest BCUT2D eigenvalue weighted by Gasteiger charge is 2.55. The molecule has 3 aromatic rings. The van der Waals surface area contributed by atoms with Crippen LogP contribution in [0.5, 0.6) is 5.75 Å². The number of ketones is 2. The molecule has 1 aliphatic rings. The number of aliphatic hydroxyl groups excluding tert-OH is 1. The van der Waals surface area contributed by atoms with Crippen LogP contribution >= 0.6 is 39.5 Å². The zero-order valence-corrected chi connectivity index (χ0v) is 26.5. The molecular formula is C25H30Br2N5O8P. The third-order valence-electron chi connectivity index (χ3n) is 6.67. The van der Waals surface area contributed by atoms with Gasteiger partial charge in [0.2, 0.25) is 5.95 Å². The number of H-pyrrole nitrogens is 1. The van der Waals surface area contributed by atoms with E-state index in [2.05, 4.69) is 46.8 Å². The van der Waals surface area contributed by atoms with Gasteiger partial charge in [-0.25, -0.2) is 9.55 Å². The number of hydrogen-bond donors (Lipinski definition) is 3.